The third kappa shape index (κ3) is 7.34. The average molecular weight is 610 g/mol. The number of hydrogen-bond donors (Lipinski definition) is 1. The number of rotatable bonds is 12. The van der Waals surface area contributed by atoms with E-state index in [9.17, 15) is 18.0 Å². The van der Waals surface area contributed by atoms with Crippen LogP contribution in [0.25, 0.3) is 0 Å². The van der Waals surface area contributed by atoms with Crippen molar-refractivity contribution in [2.75, 3.05) is 10.8 Å². The summed E-state index contributed by atoms with van der Waals surface area (Å²) in [6, 6.07) is 20.3. The van der Waals surface area contributed by atoms with Gasteiger partial charge in [0.25, 0.3) is 10.0 Å². The van der Waals surface area contributed by atoms with Crippen LogP contribution in [0, 0.1) is 6.92 Å². The molecule has 224 valence electrons. The minimum absolute atomic E-state index is 0.0724. The highest BCUT2D eigenvalue weighted by Crippen LogP contribution is 2.29. The Bertz CT molecular complexity index is 1490. The first-order chi connectivity index (χ1) is 20.1. The van der Waals surface area contributed by atoms with Crippen LogP contribution in [0.15, 0.2) is 77.7 Å². The Kier molecular flexibility index (Phi) is 10.7. The van der Waals surface area contributed by atoms with E-state index < -0.39 is 28.5 Å². The molecule has 4 rings (SSSR count). The van der Waals surface area contributed by atoms with Crippen molar-refractivity contribution in [1.29, 1.82) is 0 Å². The molecule has 1 N–H and O–H groups in total. The molecular weight excluding hydrogens is 570 g/mol. The Hall–Kier alpha value is -3.36. The van der Waals surface area contributed by atoms with Crippen LogP contribution in [0.1, 0.15) is 62.6 Å². The van der Waals surface area contributed by atoms with Gasteiger partial charge in [0.15, 0.2) is 0 Å². The van der Waals surface area contributed by atoms with Gasteiger partial charge < -0.3 is 10.2 Å². The maximum atomic E-state index is 14.3. The number of anilines is 1. The average Bonchev–Trinajstić information content (AvgIpc) is 3.49. The summed E-state index contributed by atoms with van der Waals surface area (Å²) in [5, 5.41) is 3.61. The molecule has 2 amide bonds. The number of sulfonamides is 1. The van der Waals surface area contributed by atoms with Crippen molar-refractivity contribution < 1.29 is 18.0 Å². The minimum Gasteiger partial charge on any atom is -0.352 e. The zero-order valence-corrected chi connectivity index (χ0v) is 26.1. The monoisotopic (exact) mass is 609 g/mol. The number of aryl methyl sites for hydroxylation is 2. The largest absolute Gasteiger partial charge is 0.352 e. The Labute approximate surface area is 254 Å². The molecule has 42 heavy (non-hydrogen) atoms. The summed E-state index contributed by atoms with van der Waals surface area (Å²) in [4.78, 5) is 29.5. The molecule has 0 spiro atoms. The normalized spacial score (nSPS) is 14.4. The number of carbonyl (C=O) groups excluding carboxylic acids is 2. The number of benzene rings is 3. The second kappa shape index (κ2) is 14.2. The van der Waals surface area contributed by atoms with Crippen LogP contribution in [0.2, 0.25) is 5.02 Å². The van der Waals surface area contributed by atoms with Crippen molar-refractivity contribution in [3.8, 4) is 0 Å². The fourth-order valence-electron chi connectivity index (χ4n) is 5.50. The van der Waals surface area contributed by atoms with E-state index in [2.05, 4.69) is 5.32 Å². The first-order valence-electron chi connectivity index (χ1n) is 14.7. The van der Waals surface area contributed by atoms with Gasteiger partial charge in [0.05, 0.1) is 10.6 Å². The third-order valence-electron chi connectivity index (χ3n) is 7.92. The molecule has 3 aromatic carbocycles. The summed E-state index contributed by atoms with van der Waals surface area (Å²) in [5.74, 6) is -0.711. The van der Waals surface area contributed by atoms with Gasteiger partial charge in [-0.15, -0.1) is 0 Å². The van der Waals surface area contributed by atoms with E-state index >= 15 is 0 Å². The lowest BCUT2D eigenvalue weighted by molar-refractivity contribution is -0.140. The summed E-state index contributed by atoms with van der Waals surface area (Å²) >= 11 is 6.50. The predicted octanol–water partition coefficient (Wildman–Crippen LogP) is 6.27. The van der Waals surface area contributed by atoms with Crippen LogP contribution in [0.5, 0.6) is 0 Å². The molecule has 0 aromatic heterocycles. The Morgan fingerprint density at radius 1 is 0.929 bits per heavy atom. The van der Waals surface area contributed by atoms with Crippen molar-refractivity contribution in [1.82, 2.24) is 10.2 Å². The highest BCUT2D eigenvalue weighted by Gasteiger charge is 2.35. The van der Waals surface area contributed by atoms with Crippen molar-refractivity contribution in [2.24, 2.45) is 0 Å². The van der Waals surface area contributed by atoms with Crippen LogP contribution in [-0.4, -0.2) is 43.8 Å². The van der Waals surface area contributed by atoms with E-state index in [-0.39, 0.29) is 23.4 Å². The van der Waals surface area contributed by atoms with Gasteiger partial charge >= 0.3 is 0 Å². The highest BCUT2D eigenvalue weighted by molar-refractivity contribution is 7.92. The van der Waals surface area contributed by atoms with Crippen molar-refractivity contribution in [3.05, 3.63) is 94.5 Å². The zero-order chi connectivity index (χ0) is 30.3. The van der Waals surface area contributed by atoms with E-state index in [1.807, 2.05) is 45.0 Å². The van der Waals surface area contributed by atoms with Crippen molar-refractivity contribution in [2.45, 2.75) is 82.8 Å². The van der Waals surface area contributed by atoms with E-state index in [1.54, 1.807) is 48.5 Å². The number of halogens is 1. The molecule has 1 aliphatic rings. The van der Waals surface area contributed by atoms with E-state index in [0.29, 0.717) is 29.1 Å². The van der Waals surface area contributed by atoms with Gasteiger partial charge in [0, 0.05) is 17.6 Å². The molecule has 0 aliphatic heterocycles. The van der Waals surface area contributed by atoms with Crippen LogP contribution < -0.4 is 9.62 Å². The minimum atomic E-state index is -4.13. The molecule has 0 unspecified atom stereocenters. The van der Waals surface area contributed by atoms with Gasteiger partial charge in [-0.25, -0.2) is 8.42 Å². The summed E-state index contributed by atoms with van der Waals surface area (Å²) < 4.78 is 29.5. The fraction of sp³-hybridized carbons (Fsp3) is 0.394. The molecule has 0 radical (unpaired) electrons. The van der Waals surface area contributed by atoms with Crippen LogP contribution in [0.3, 0.4) is 0 Å². The predicted molar refractivity (Wildman–Crippen MR) is 168 cm³/mol. The topological polar surface area (TPSA) is 86.8 Å². The first kappa shape index (κ1) is 31.6. The molecule has 9 heteroatoms. The van der Waals surface area contributed by atoms with Crippen molar-refractivity contribution >= 4 is 39.1 Å². The second-order valence-electron chi connectivity index (χ2n) is 10.8. The van der Waals surface area contributed by atoms with E-state index in [4.69, 9.17) is 11.6 Å². The number of nitrogens with zero attached hydrogens (tertiary/aromatic N) is 2. The summed E-state index contributed by atoms with van der Waals surface area (Å²) in [6.07, 6.45) is 4.90. The highest BCUT2D eigenvalue weighted by atomic mass is 35.5. The first-order valence-corrected chi connectivity index (χ1v) is 16.5. The van der Waals surface area contributed by atoms with Crippen molar-refractivity contribution in [3.63, 3.8) is 0 Å². The van der Waals surface area contributed by atoms with Gasteiger partial charge in [-0.05, 0) is 68.0 Å². The number of carbonyl (C=O) groups is 2. The summed E-state index contributed by atoms with van der Waals surface area (Å²) in [5.41, 5.74) is 2.84. The molecular formula is C33H40ClN3O4S. The maximum Gasteiger partial charge on any atom is 0.264 e. The number of hydrogen-bond acceptors (Lipinski definition) is 4. The van der Waals surface area contributed by atoms with Crippen LogP contribution >= 0.6 is 11.6 Å². The van der Waals surface area contributed by atoms with Gasteiger partial charge in [-0.2, -0.15) is 0 Å². The smallest absolute Gasteiger partial charge is 0.264 e. The third-order valence-corrected chi connectivity index (χ3v) is 10.1. The number of para-hydroxylation sites is 1. The lowest BCUT2D eigenvalue weighted by Crippen LogP contribution is -2.53. The number of nitrogens with one attached hydrogen (secondary N) is 1. The molecule has 1 atom stereocenters. The Morgan fingerprint density at radius 3 is 2.17 bits per heavy atom. The van der Waals surface area contributed by atoms with Gasteiger partial charge in [-0.3, -0.25) is 13.9 Å². The number of amides is 2. The van der Waals surface area contributed by atoms with Gasteiger partial charge in [0.1, 0.15) is 12.6 Å². The SMILES string of the molecule is CCc1ccccc1N(CC(=O)N(Cc1ccccc1Cl)[C@@H](CC)C(=O)NC1CCCC1)S(=O)(=O)c1ccc(C)cc1. The molecule has 1 fully saturated rings. The second-order valence-corrected chi connectivity index (χ2v) is 13.1. The molecule has 0 bridgehead atoms. The quantitative estimate of drug-likeness (QED) is 0.262. The van der Waals surface area contributed by atoms with Gasteiger partial charge in [0.2, 0.25) is 11.8 Å². The standard InChI is InChI=1S/C33H40ClN3O4S/c1-4-25-12-7-11-17-31(25)37(42(40,41)28-20-18-24(3)19-21-28)23-32(38)36(22-26-13-6-10-16-29(26)34)30(5-2)33(39)35-27-14-8-9-15-27/h6-7,10-13,16-21,27,30H,4-5,8-9,14-15,22-23H2,1-3H3,(H,35,39)/t30-/m0/s1. The zero-order valence-electron chi connectivity index (χ0n) is 24.6. The van der Waals surface area contributed by atoms with E-state index in [0.717, 1.165) is 36.8 Å². The van der Waals surface area contributed by atoms with Crippen LogP contribution in [-0.2, 0) is 32.6 Å². The summed E-state index contributed by atoms with van der Waals surface area (Å²) in [6.45, 7) is 5.30. The van der Waals surface area contributed by atoms with Crippen LogP contribution in [0.4, 0.5) is 5.69 Å². The Morgan fingerprint density at radius 2 is 1.55 bits per heavy atom. The summed E-state index contributed by atoms with van der Waals surface area (Å²) in [7, 11) is -4.13. The molecule has 0 heterocycles. The molecule has 1 aliphatic carbocycles. The maximum absolute atomic E-state index is 14.3. The lowest BCUT2D eigenvalue weighted by atomic mass is 10.1. The van der Waals surface area contributed by atoms with E-state index in [1.165, 1.54) is 9.21 Å². The fourth-order valence-corrected chi connectivity index (χ4v) is 7.15. The Balaban J connectivity index is 1.75. The molecule has 1 saturated carbocycles. The lowest BCUT2D eigenvalue weighted by Gasteiger charge is -2.34. The van der Waals surface area contributed by atoms with Gasteiger partial charge in [-0.1, -0.05) is 92.4 Å². The molecule has 0 saturated heterocycles. The molecule has 3 aromatic rings. The molecule has 7 nitrogen and oxygen atoms in total.